The van der Waals surface area contributed by atoms with Crippen molar-refractivity contribution in [3.8, 4) is 0 Å². The Labute approximate surface area is 182 Å². The predicted octanol–water partition coefficient (Wildman–Crippen LogP) is 4.18. The summed E-state index contributed by atoms with van der Waals surface area (Å²) in [6.45, 7) is 0. The van der Waals surface area contributed by atoms with Gasteiger partial charge in [-0.1, -0.05) is 0 Å². The molecule has 14 heteroatoms. The number of nitrogens with zero attached hydrogens (tertiary/aromatic N) is 4. The molecule has 0 aliphatic carbocycles. The van der Waals surface area contributed by atoms with E-state index in [1.165, 1.54) is 48.5 Å². The van der Waals surface area contributed by atoms with Crippen LogP contribution in [0.25, 0.3) is 0 Å². The first-order valence-electron chi connectivity index (χ1n) is 8.62. The molecule has 0 aliphatic heterocycles. The van der Waals surface area contributed by atoms with Crippen LogP contribution < -0.4 is 11.5 Å². The van der Waals surface area contributed by atoms with Crippen LogP contribution in [0.2, 0.25) is 0 Å². The second-order valence-corrected chi connectivity index (χ2v) is 9.12. The normalized spacial score (nSPS) is 12.6. The Hall–Kier alpha value is -3.72. The maximum Gasteiger partial charge on any atom is 0.294 e. The van der Waals surface area contributed by atoms with Crippen molar-refractivity contribution in [1.29, 1.82) is 0 Å². The van der Waals surface area contributed by atoms with Gasteiger partial charge in [-0.05, 0) is 60.7 Å². The smallest absolute Gasteiger partial charge is 0.294 e. The van der Waals surface area contributed by atoms with Crippen molar-refractivity contribution in [1.82, 2.24) is 0 Å². The molecule has 0 fully saturated rings. The molecule has 12 nitrogen and oxygen atoms in total. The van der Waals surface area contributed by atoms with Gasteiger partial charge in [0.15, 0.2) is 0 Å². The highest BCUT2D eigenvalue weighted by atomic mass is 32.2. The highest BCUT2D eigenvalue weighted by Crippen LogP contribution is 2.38. The number of nitrogens with two attached hydrogens (primary N) is 2. The predicted molar refractivity (Wildman–Crippen MR) is 116 cm³/mol. The molecule has 6 N–H and O–H groups in total. The molecule has 3 rings (SSSR count). The van der Waals surface area contributed by atoms with Crippen molar-refractivity contribution in [2.45, 2.75) is 9.79 Å². The number of rotatable bonds is 6. The van der Waals surface area contributed by atoms with Crippen LogP contribution in [0, 0.1) is 0 Å². The average Bonchev–Trinajstić information content (AvgIpc) is 2.72. The summed E-state index contributed by atoms with van der Waals surface area (Å²) in [6, 6.07) is 13.0. The van der Waals surface area contributed by atoms with Gasteiger partial charge in [0.25, 0.3) is 20.2 Å². The van der Waals surface area contributed by atoms with Gasteiger partial charge in [-0.25, -0.2) is 0 Å². The lowest BCUT2D eigenvalue weighted by molar-refractivity contribution is 0.481. The van der Waals surface area contributed by atoms with Crippen LogP contribution in [0.15, 0.2) is 90.9 Å². The first kappa shape index (κ1) is 23.0. The van der Waals surface area contributed by atoms with Gasteiger partial charge in [-0.3, -0.25) is 9.11 Å². The van der Waals surface area contributed by atoms with Crippen LogP contribution in [-0.4, -0.2) is 25.9 Å². The fraction of sp³-hybridized carbons (Fsp3) is 0. The molecule has 3 aromatic carbocycles. The van der Waals surface area contributed by atoms with Crippen LogP contribution in [0.3, 0.4) is 0 Å². The van der Waals surface area contributed by atoms with Crippen LogP contribution in [0.5, 0.6) is 0 Å². The highest BCUT2D eigenvalue weighted by molar-refractivity contribution is 7.86. The Balaban J connectivity index is 1.85. The number of anilines is 2. The Kier molecular flexibility index (Phi) is 6.31. The van der Waals surface area contributed by atoms with E-state index in [1.54, 1.807) is 0 Å². The summed E-state index contributed by atoms with van der Waals surface area (Å²) in [7, 11) is -8.64. The van der Waals surface area contributed by atoms with E-state index < -0.39 is 20.2 Å². The Bertz CT molecular complexity index is 1420. The molecule has 166 valence electrons. The van der Waals surface area contributed by atoms with Crippen molar-refractivity contribution in [3.05, 3.63) is 60.7 Å². The fourth-order valence-corrected chi connectivity index (χ4v) is 3.36. The average molecular weight is 476 g/mol. The van der Waals surface area contributed by atoms with E-state index >= 15 is 0 Å². The number of hydrogen-bond donors (Lipinski definition) is 4. The summed E-state index contributed by atoms with van der Waals surface area (Å²) in [5, 5.41) is 15.9. The molecule has 0 radical (unpaired) electrons. The molecule has 3 aromatic rings. The quantitative estimate of drug-likeness (QED) is 0.230. The van der Waals surface area contributed by atoms with Crippen molar-refractivity contribution in [2.75, 3.05) is 11.5 Å². The molecule has 0 saturated carbocycles. The molecule has 0 bridgehead atoms. The first-order chi connectivity index (χ1) is 14.9. The highest BCUT2D eigenvalue weighted by Gasteiger charge is 2.11. The molecule has 0 aliphatic rings. The van der Waals surface area contributed by atoms with E-state index in [4.69, 9.17) is 20.6 Å². The van der Waals surface area contributed by atoms with Crippen molar-refractivity contribution in [2.24, 2.45) is 20.5 Å². The maximum atomic E-state index is 11.1. The Morgan fingerprint density at radius 3 is 1.47 bits per heavy atom. The van der Waals surface area contributed by atoms with E-state index in [1.807, 2.05) is 0 Å². The zero-order valence-corrected chi connectivity index (χ0v) is 17.7. The minimum absolute atomic E-state index is 0.0709. The summed E-state index contributed by atoms with van der Waals surface area (Å²) in [4.78, 5) is -0.571. The van der Waals surface area contributed by atoms with Gasteiger partial charge in [0, 0.05) is 0 Å². The maximum absolute atomic E-state index is 11.1. The van der Waals surface area contributed by atoms with Crippen LogP contribution in [0.4, 0.5) is 34.1 Å². The lowest BCUT2D eigenvalue weighted by atomic mass is 10.2. The molecule has 0 unspecified atom stereocenters. The van der Waals surface area contributed by atoms with Gasteiger partial charge in [0.1, 0.15) is 11.4 Å². The lowest BCUT2D eigenvalue weighted by Crippen LogP contribution is -1.96. The minimum atomic E-state index is -4.32. The van der Waals surface area contributed by atoms with Crippen LogP contribution in [-0.2, 0) is 20.2 Å². The SMILES string of the molecule is Nc1ccc(N=Nc2ccc(S(=O)(=O)O)cc2)c(N)c1N=Nc1ccc(S(=O)(=O)O)cc1. The summed E-state index contributed by atoms with van der Waals surface area (Å²) >= 11 is 0. The van der Waals surface area contributed by atoms with E-state index in [0.717, 1.165) is 12.1 Å². The third kappa shape index (κ3) is 5.50. The fourth-order valence-electron chi connectivity index (χ4n) is 2.40. The largest absolute Gasteiger partial charge is 0.397 e. The minimum Gasteiger partial charge on any atom is -0.397 e. The zero-order valence-electron chi connectivity index (χ0n) is 16.1. The molecule has 0 spiro atoms. The molecule has 32 heavy (non-hydrogen) atoms. The standard InChI is InChI=1S/C18H16N6O6S2/c19-15-9-10-16(23-21-11-1-5-13(6-2-11)31(25,26)27)17(20)18(15)24-22-12-3-7-14(8-4-12)32(28,29)30/h1-10H,19-20H2,(H,25,26,27)(H,28,29,30). The third-order valence-corrected chi connectivity index (χ3v) is 5.77. The lowest BCUT2D eigenvalue weighted by Gasteiger charge is -2.06. The third-order valence-electron chi connectivity index (χ3n) is 4.03. The molecular weight excluding hydrogens is 460 g/mol. The van der Waals surface area contributed by atoms with Gasteiger partial charge in [0.2, 0.25) is 0 Å². The topological polar surface area (TPSA) is 210 Å². The summed E-state index contributed by atoms with van der Waals surface area (Å²) in [5.74, 6) is 0. The van der Waals surface area contributed by atoms with Gasteiger partial charge in [-0.15, -0.1) is 10.2 Å². The molecular formula is C18H16N6O6S2. The van der Waals surface area contributed by atoms with E-state index in [9.17, 15) is 16.8 Å². The molecule has 0 aromatic heterocycles. The van der Waals surface area contributed by atoms with Gasteiger partial charge < -0.3 is 11.5 Å². The molecule has 0 saturated heterocycles. The first-order valence-corrected chi connectivity index (χ1v) is 11.5. The Morgan fingerprint density at radius 2 is 1.03 bits per heavy atom. The Morgan fingerprint density at radius 1 is 0.594 bits per heavy atom. The van der Waals surface area contributed by atoms with Crippen molar-refractivity contribution in [3.63, 3.8) is 0 Å². The molecule has 0 heterocycles. The number of hydrogen-bond acceptors (Lipinski definition) is 10. The summed E-state index contributed by atoms with van der Waals surface area (Å²) < 4.78 is 62.3. The second-order valence-electron chi connectivity index (χ2n) is 6.27. The zero-order chi connectivity index (χ0) is 23.5. The second kappa shape index (κ2) is 8.80. The van der Waals surface area contributed by atoms with Gasteiger partial charge in [-0.2, -0.15) is 27.1 Å². The van der Waals surface area contributed by atoms with Crippen molar-refractivity contribution < 1.29 is 25.9 Å². The molecule has 0 atom stereocenters. The molecule has 0 amide bonds. The number of azo groups is 2. The summed E-state index contributed by atoms with van der Waals surface area (Å²) in [5.41, 5.74) is 13.2. The van der Waals surface area contributed by atoms with Crippen LogP contribution >= 0.6 is 0 Å². The van der Waals surface area contributed by atoms with E-state index in [0.29, 0.717) is 5.69 Å². The number of benzene rings is 3. The monoisotopic (exact) mass is 476 g/mol. The van der Waals surface area contributed by atoms with Crippen LogP contribution in [0.1, 0.15) is 0 Å². The van der Waals surface area contributed by atoms with Gasteiger partial charge in [0.05, 0.1) is 32.5 Å². The van der Waals surface area contributed by atoms with Gasteiger partial charge >= 0.3 is 0 Å². The van der Waals surface area contributed by atoms with E-state index in [2.05, 4.69) is 20.5 Å². The van der Waals surface area contributed by atoms with E-state index in [-0.39, 0.29) is 38.2 Å². The van der Waals surface area contributed by atoms with Crippen molar-refractivity contribution >= 4 is 54.4 Å². The number of nitrogen functional groups attached to an aromatic ring is 2. The summed E-state index contributed by atoms with van der Waals surface area (Å²) in [6.07, 6.45) is 0.